The van der Waals surface area contributed by atoms with Crippen molar-refractivity contribution < 1.29 is 19.0 Å². The standard InChI is InChI=1S/C19H24ClFN2O3.2ClH/c1-25-18-4-2-3-14(12-23-8-7-22-9-10-24)19(18)26-13-15-5-6-16(21)11-17(15)20;;/h2-6,11,22-24H,7-10,12-13H2,1H3;2*1H. The van der Waals surface area contributed by atoms with Crippen molar-refractivity contribution in [1.82, 2.24) is 10.6 Å². The highest BCUT2D eigenvalue weighted by Gasteiger charge is 2.12. The SMILES string of the molecule is COc1cccc(CNCCNCCO)c1OCc1ccc(F)cc1Cl.Cl.Cl. The van der Waals surface area contributed by atoms with E-state index in [1.165, 1.54) is 12.1 Å². The number of para-hydroxylation sites is 1. The van der Waals surface area contributed by atoms with Gasteiger partial charge >= 0.3 is 0 Å². The summed E-state index contributed by atoms with van der Waals surface area (Å²) in [5.74, 6) is 0.878. The van der Waals surface area contributed by atoms with Crippen molar-refractivity contribution in [2.75, 3.05) is 33.4 Å². The molecule has 0 bridgehead atoms. The first-order valence-corrected chi connectivity index (χ1v) is 8.78. The fourth-order valence-corrected chi connectivity index (χ4v) is 2.64. The molecule has 0 aliphatic heterocycles. The zero-order chi connectivity index (χ0) is 18.8. The highest BCUT2D eigenvalue weighted by atomic mass is 35.5. The molecule has 0 fully saturated rings. The second kappa shape index (κ2) is 14.7. The van der Waals surface area contributed by atoms with E-state index in [2.05, 4.69) is 10.6 Å². The number of hydrogen-bond donors (Lipinski definition) is 3. The van der Waals surface area contributed by atoms with Crippen molar-refractivity contribution in [3.63, 3.8) is 0 Å². The number of aliphatic hydroxyl groups excluding tert-OH is 1. The Bertz CT molecular complexity index is 708. The minimum absolute atomic E-state index is 0. The molecule has 0 amide bonds. The van der Waals surface area contributed by atoms with Gasteiger partial charge in [-0.2, -0.15) is 0 Å². The number of methoxy groups -OCH3 is 1. The number of benzene rings is 2. The molecule has 0 aliphatic rings. The normalized spacial score (nSPS) is 10.0. The molecule has 0 radical (unpaired) electrons. The van der Waals surface area contributed by atoms with Crippen molar-refractivity contribution >= 4 is 36.4 Å². The van der Waals surface area contributed by atoms with Crippen LogP contribution in [0, 0.1) is 5.82 Å². The highest BCUT2D eigenvalue weighted by molar-refractivity contribution is 6.31. The van der Waals surface area contributed by atoms with E-state index in [1.54, 1.807) is 13.2 Å². The van der Waals surface area contributed by atoms with Crippen molar-refractivity contribution in [2.45, 2.75) is 13.2 Å². The fraction of sp³-hybridized carbons (Fsp3) is 0.368. The van der Waals surface area contributed by atoms with E-state index in [9.17, 15) is 4.39 Å². The van der Waals surface area contributed by atoms with E-state index in [1.807, 2.05) is 18.2 Å². The molecule has 9 heteroatoms. The van der Waals surface area contributed by atoms with E-state index >= 15 is 0 Å². The summed E-state index contributed by atoms with van der Waals surface area (Å²) in [5, 5.41) is 15.5. The molecule has 5 nitrogen and oxygen atoms in total. The van der Waals surface area contributed by atoms with Crippen molar-refractivity contribution in [2.24, 2.45) is 0 Å². The van der Waals surface area contributed by atoms with Gasteiger partial charge in [-0.25, -0.2) is 4.39 Å². The lowest BCUT2D eigenvalue weighted by Gasteiger charge is -2.16. The summed E-state index contributed by atoms with van der Waals surface area (Å²) in [7, 11) is 1.59. The second-order valence-corrected chi connectivity index (χ2v) is 6.03. The van der Waals surface area contributed by atoms with Crippen LogP contribution in [-0.4, -0.2) is 38.5 Å². The molecule has 2 aromatic carbocycles. The molecule has 0 aromatic heterocycles. The molecule has 3 N–H and O–H groups in total. The van der Waals surface area contributed by atoms with Crippen molar-refractivity contribution in [1.29, 1.82) is 0 Å². The van der Waals surface area contributed by atoms with Gasteiger partial charge in [0.05, 0.1) is 18.7 Å². The third kappa shape index (κ3) is 8.39. The van der Waals surface area contributed by atoms with Crippen LogP contribution in [0.5, 0.6) is 11.5 Å². The average molecular weight is 456 g/mol. The lowest BCUT2D eigenvalue weighted by atomic mass is 10.1. The van der Waals surface area contributed by atoms with Crippen LogP contribution in [0.1, 0.15) is 11.1 Å². The van der Waals surface area contributed by atoms with Crippen LogP contribution in [0.2, 0.25) is 5.02 Å². The number of halogens is 4. The van der Waals surface area contributed by atoms with Gasteiger partial charge in [0.1, 0.15) is 12.4 Å². The largest absolute Gasteiger partial charge is 0.493 e. The molecule has 0 aliphatic carbocycles. The third-order valence-electron chi connectivity index (χ3n) is 3.75. The summed E-state index contributed by atoms with van der Waals surface area (Å²) in [6.45, 7) is 3.02. The van der Waals surface area contributed by atoms with Crippen LogP contribution in [-0.2, 0) is 13.2 Å². The topological polar surface area (TPSA) is 62.8 Å². The van der Waals surface area contributed by atoms with Crippen LogP contribution in [0.25, 0.3) is 0 Å². The Morgan fingerprint density at radius 2 is 1.79 bits per heavy atom. The molecule has 0 heterocycles. The number of hydrogen-bond acceptors (Lipinski definition) is 5. The van der Waals surface area contributed by atoms with Gasteiger partial charge in [-0.1, -0.05) is 29.8 Å². The Labute approximate surface area is 182 Å². The molecule has 0 saturated carbocycles. The van der Waals surface area contributed by atoms with Crippen molar-refractivity contribution in [3.8, 4) is 11.5 Å². The van der Waals surface area contributed by atoms with E-state index in [-0.39, 0.29) is 43.8 Å². The fourth-order valence-electron chi connectivity index (χ4n) is 2.42. The number of rotatable bonds is 11. The number of aliphatic hydroxyl groups is 1. The summed E-state index contributed by atoms with van der Waals surface area (Å²) >= 11 is 6.06. The molecule has 0 spiro atoms. The molecule has 0 unspecified atom stereocenters. The molecule has 2 rings (SSSR count). The molecular formula is C19H26Cl3FN2O3. The van der Waals surface area contributed by atoms with Gasteiger partial charge in [-0.3, -0.25) is 0 Å². The summed E-state index contributed by atoms with van der Waals surface area (Å²) in [6, 6.07) is 9.92. The zero-order valence-corrected chi connectivity index (χ0v) is 17.9. The third-order valence-corrected chi connectivity index (χ3v) is 4.10. The minimum Gasteiger partial charge on any atom is -0.493 e. The van der Waals surface area contributed by atoms with E-state index in [0.29, 0.717) is 35.2 Å². The van der Waals surface area contributed by atoms with Gasteiger partial charge < -0.3 is 25.2 Å². The highest BCUT2D eigenvalue weighted by Crippen LogP contribution is 2.32. The maximum Gasteiger partial charge on any atom is 0.166 e. The Morgan fingerprint density at radius 1 is 1.04 bits per heavy atom. The first kappa shape index (κ1) is 26.7. The monoisotopic (exact) mass is 454 g/mol. The molecule has 158 valence electrons. The van der Waals surface area contributed by atoms with Gasteiger partial charge in [-0.15, -0.1) is 24.8 Å². The maximum atomic E-state index is 13.2. The zero-order valence-electron chi connectivity index (χ0n) is 15.5. The molecule has 0 saturated heterocycles. The number of ether oxygens (including phenoxy) is 2. The van der Waals surface area contributed by atoms with Gasteiger partial charge in [0, 0.05) is 37.3 Å². The Hall–Kier alpha value is -1.28. The predicted molar refractivity (Wildman–Crippen MR) is 115 cm³/mol. The maximum absolute atomic E-state index is 13.2. The second-order valence-electron chi connectivity index (χ2n) is 5.62. The molecule has 28 heavy (non-hydrogen) atoms. The molecule has 2 aromatic rings. The van der Waals surface area contributed by atoms with E-state index in [0.717, 1.165) is 18.7 Å². The van der Waals surface area contributed by atoms with Gasteiger partial charge in [0.2, 0.25) is 0 Å². The quantitative estimate of drug-likeness (QED) is 0.452. The van der Waals surface area contributed by atoms with Crippen LogP contribution in [0.4, 0.5) is 4.39 Å². The van der Waals surface area contributed by atoms with Crippen LogP contribution < -0.4 is 20.1 Å². The van der Waals surface area contributed by atoms with Crippen LogP contribution in [0.15, 0.2) is 36.4 Å². The predicted octanol–water partition coefficient (Wildman–Crippen LogP) is 3.58. The molecule has 0 atom stereocenters. The first-order valence-electron chi connectivity index (χ1n) is 8.40. The van der Waals surface area contributed by atoms with Gasteiger partial charge in [-0.05, 0) is 18.2 Å². The van der Waals surface area contributed by atoms with Gasteiger partial charge in [0.15, 0.2) is 11.5 Å². The van der Waals surface area contributed by atoms with E-state index in [4.69, 9.17) is 26.2 Å². The lowest BCUT2D eigenvalue weighted by Crippen LogP contribution is -2.28. The van der Waals surface area contributed by atoms with E-state index < -0.39 is 0 Å². The lowest BCUT2D eigenvalue weighted by molar-refractivity contribution is 0.280. The summed E-state index contributed by atoms with van der Waals surface area (Å²) in [4.78, 5) is 0. The van der Waals surface area contributed by atoms with Crippen LogP contribution in [0.3, 0.4) is 0 Å². The van der Waals surface area contributed by atoms with Crippen molar-refractivity contribution in [3.05, 3.63) is 58.4 Å². The smallest absolute Gasteiger partial charge is 0.166 e. The Morgan fingerprint density at radius 3 is 2.46 bits per heavy atom. The average Bonchev–Trinajstić information content (AvgIpc) is 2.64. The Kier molecular flexibility index (Phi) is 14.0. The summed E-state index contributed by atoms with van der Waals surface area (Å²) in [6.07, 6.45) is 0. The van der Waals surface area contributed by atoms with Crippen LogP contribution >= 0.6 is 36.4 Å². The minimum atomic E-state index is -0.379. The number of nitrogens with one attached hydrogen (secondary N) is 2. The summed E-state index contributed by atoms with van der Waals surface area (Å²) < 4.78 is 24.5. The summed E-state index contributed by atoms with van der Waals surface area (Å²) in [5.41, 5.74) is 1.65. The molecular weight excluding hydrogens is 430 g/mol. The first-order chi connectivity index (χ1) is 12.7. The van der Waals surface area contributed by atoms with Gasteiger partial charge in [0.25, 0.3) is 0 Å². The Balaban J connectivity index is 0.00000364.